The van der Waals surface area contributed by atoms with Crippen molar-refractivity contribution in [3.63, 3.8) is 0 Å². The van der Waals surface area contributed by atoms with Gasteiger partial charge in [0, 0.05) is 17.8 Å². The molecule has 1 fully saturated rings. The van der Waals surface area contributed by atoms with Gasteiger partial charge in [0.2, 0.25) is 0 Å². The molecule has 0 bridgehead atoms. The maximum atomic E-state index is 12.5. The Bertz CT molecular complexity index is 719. The predicted octanol–water partition coefficient (Wildman–Crippen LogP) is 4.57. The summed E-state index contributed by atoms with van der Waals surface area (Å²) in [5.74, 6) is 1.06. The average molecular weight is 352 g/mol. The monoisotopic (exact) mass is 352 g/mol. The van der Waals surface area contributed by atoms with Gasteiger partial charge in [0.25, 0.3) is 5.91 Å². The fraction of sp³-hybridized carbons (Fsp3) is 0.409. The van der Waals surface area contributed by atoms with Crippen molar-refractivity contribution in [3.8, 4) is 5.75 Å². The summed E-state index contributed by atoms with van der Waals surface area (Å²) in [5.41, 5.74) is 2.70. The largest absolute Gasteiger partial charge is 0.493 e. The third-order valence-corrected chi connectivity index (χ3v) is 4.50. The Labute approximate surface area is 156 Å². The smallest absolute Gasteiger partial charge is 0.255 e. The predicted molar refractivity (Wildman–Crippen MR) is 106 cm³/mol. The lowest BCUT2D eigenvalue weighted by atomic mass is 10.1. The zero-order valence-corrected chi connectivity index (χ0v) is 15.7. The lowest BCUT2D eigenvalue weighted by molar-refractivity contribution is 0.102. The van der Waals surface area contributed by atoms with Crippen LogP contribution in [0.5, 0.6) is 5.75 Å². The highest BCUT2D eigenvalue weighted by atomic mass is 16.5. The molecule has 4 nitrogen and oxygen atoms in total. The summed E-state index contributed by atoms with van der Waals surface area (Å²) in [6.45, 7) is 8.21. The minimum absolute atomic E-state index is 0.118. The van der Waals surface area contributed by atoms with Crippen LogP contribution in [0.4, 0.5) is 5.69 Å². The molecular weight excluding hydrogens is 324 g/mol. The van der Waals surface area contributed by atoms with Gasteiger partial charge in [-0.15, -0.1) is 0 Å². The van der Waals surface area contributed by atoms with Crippen molar-refractivity contribution < 1.29 is 9.53 Å². The van der Waals surface area contributed by atoms with Crippen LogP contribution in [0.3, 0.4) is 0 Å². The number of likely N-dealkylation sites (tertiary alicyclic amines) is 1. The average Bonchev–Trinajstić information content (AvgIpc) is 3.15. The summed E-state index contributed by atoms with van der Waals surface area (Å²) < 4.78 is 5.70. The molecule has 1 aliphatic heterocycles. The van der Waals surface area contributed by atoms with Crippen LogP contribution in [0.1, 0.15) is 42.6 Å². The SMILES string of the molecule is CC(C)COc1cccc(C(=O)Nc2ccc(CN3CCCC3)cc2)c1. The molecule has 4 heteroatoms. The van der Waals surface area contributed by atoms with Gasteiger partial charge in [0.15, 0.2) is 0 Å². The highest BCUT2D eigenvalue weighted by molar-refractivity contribution is 6.04. The van der Waals surface area contributed by atoms with E-state index in [9.17, 15) is 4.79 Å². The summed E-state index contributed by atoms with van der Waals surface area (Å²) in [5, 5.41) is 2.96. The molecule has 26 heavy (non-hydrogen) atoms. The van der Waals surface area contributed by atoms with Crippen LogP contribution >= 0.6 is 0 Å². The fourth-order valence-electron chi connectivity index (χ4n) is 3.09. The zero-order valence-electron chi connectivity index (χ0n) is 15.7. The Morgan fingerprint density at radius 1 is 1.12 bits per heavy atom. The van der Waals surface area contributed by atoms with E-state index >= 15 is 0 Å². The summed E-state index contributed by atoms with van der Waals surface area (Å²) in [6.07, 6.45) is 2.60. The number of anilines is 1. The summed E-state index contributed by atoms with van der Waals surface area (Å²) in [7, 11) is 0. The molecule has 2 aromatic rings. The van der Waals surface area contributed by atoms with Gasteiger partial charge in [-0.1, -0.05) is 32.0 Å². The van der Waals surface area contributed by atoms with E-state index in [0.29, 0.717) is 18.1 Å². The van der Waals surface area contributed by atoms with E-state index in [-0.39, 0.29) is 5.91 Å². The first-order chi connectivity index (χ1) is 12.6. The zero-order chi connectivity index (χ0) is 18.4. The molecular formula is C22H28N2O2. The first-order valence-electron chi connectivity index (χ1n) is 9.45. The number of rotatable bonds is 7. The number of ether oxygens (including phenoxy) is 1. The summed E-state index contributed by atoms with van der Waals surface area (Å²) in [6, 6.07) is 15.5. The second kappa shape index (κ2) is 8.86. The molecule has 0 spiro atoms. The van der Waals surface area contributed by atoms with E-state index in [0.717, 1.165) is 18.0 Å². The summed E-state index contributed by atoms with van der Waals surface area (Å²) >= 11 is 0. The van der Waals surface area contributed by atoms with Gasteiger partial charge in [-0.25, -0.2) is 0 Å². The normalized spacial score (nSPS) is 14.6. The molecule has 0 atom stereocenters. The lowest BCUT2D eigenvalue weighted by Gasteiger charge is -2.15. The molecule has 0 unspecified atom stereocenters. The van der Waals surface area contributed by atoms with Crippen LogP contribution in [-0.2, 0) is 6.54 Å². The quantitative estimate of drug-likeness (QED) is 0.794. The Morgan fingerprint density at radius 3 is 2.54 bits per heavy atom. The molecule has 3 rings (SSSR count). The maximum absolute atomic E-state index is 12.5. The number of carbonyl (C=O) groups is 1. The van der Waals surface area contributed by atoms with Crippen molar-refractivity contribution >= 4 is 11.6 Å². The Hall–Kier alpha value is -2.33. The third kappa shape index (κ3) is 5.33. The number of amides is 1. The van der Waals surface area contributed by atoms with E-state index in [1.807, 2.05) is 24.3 Å². The highest BCUT2D eigenvalue weighted by Gasteiger charge is 2.12. The van der Waals surface area contributed by atoms with Crippen molar-refractivity contribution in [1.29, 1.82) is 0 Å². The second-order valence-corrected chi connectivity index (χ2v) is 7.37. The Balaban J connectivity index is 1.57. The molecule has 1 amide bonds. The van der Waals surface area contributed by atoms with Gasteiger partial charge >= 0.3 is 0 Å². The molecule has 1 saturated heterocycles. The Kier molecular flexibility index (Phi) is 6.29. The topological polar surface area (TPSA) is 41.6 Å². The van der Waals surface area contributed by atoms with E-state index in [2.05, 4.69) is 36.2 Å². The summed E-state index contributed by atoms with van der Waals surface area (Å²) in [4.78, 5) is 15.0. The van der Waals surface area contributed by atoms with Gasteiger partial charge in [-0.05, 0) is 67.7 Å². The fourth-order valence-corrected chi connectivity index (χ4v) is 3.09. The van der Waals surface area contributed by atoms with Gasteiger partial charge in [-0.3, -0.25) is 9.69 Å². The first-order valence-corrected chi connectivity index (χ1v) is 9.45. The minimum atomic E-state index is -0.118. The van der Waals surface area contributed by atoms with Crippen LogP contribution in [0.15, 0.2) is 48.5 Å². The van der Waals surface area contributed by atoms with Crippen molar-refractivity contribution in [3.05, 3.63) is 59.7 Å². The van der Waals surface area contributed by atoms with Crippen LogP contribution in [0.2, 0.25) is 0 Å². The third-order valence-electron chi connectivity index (χ3n) is 4.50. The van der Waals surface area contributed by atoms with E-state index < -0.39 is 0 Å². The van der Waals surface area contributed by atoms with Crippen LogP contribution < -0.4 is 10.1 Å². The van der Waals surface area contributed by atoms with Gasteiger partial charge in [0.05, 0.1) is 6.61 Å². The van der Waals surface area contributed by atoms with Crippen LogP contribution in [-0.4, -0.2) is 30.5 Å². The molecule has 0 aliphatic carbocycles. The van der Waals surface area contributed by atoms with Gasteiger partial charge in [0.1, 0.15) is 5.75 Å². The minimum Gasteiger partial charge on any atom is -0.493 e. The van der Waals surface area contributed by atoms with Crippen molar-refractivity contribution in [2.45, 2.75) is 33.2 Å². The number of benzene rings is 2. The first kappa shape index (κ1) is 18.5. The maximum Gasteiger partial charge on any atom is 0.255 e. The molecule has 0 aromatic heterocycles. The second-order valence-electron chi connectivity index (χ2n) is 7.37. The van der Waals surface area contributed by atoms with Crippen molar-refractivity contribution in [1.82, 2.24) is 4.90 Å². The molecule has 1 N–H and O–H groups in total. The van der Waals surface area contributed by atoms with E-state index in [1.54, 1.807) is 12.1 Å². The molecule has 0 radical (unpaired) electrons. The van der Waals surface area contributed by atoms with Crippen molar-refractivity contribution in [2.24, 2.45) is 5.92 Å². The molecule has 0 saturated carbocycles. The number of nitrogens with one attached hydrogen (secondary N) is 1. The molecule has 2 aromatic carbocycles. The van der Waals surface area contributed by atoms with Gasteiger partial charge in [-0.2, -0.15) is 0 Å². The number of hydrogen-bond acceptors (Lipinski definition) is 3. The highest BCUT2D eigenvalue weighted by Crippen LogP contribution is 2.18. The van der Waals surface area contributed by atoms with Gasteiger partial charge < -0.3 is 10.1 Å². The Morgan fingerprint density at radius 2 is 1.85 bits per heavy atom. The van der Waals surface area contributed by atoms with Crippen LogP contribution in [0, 0.1) is 5.92 Å². The van der Waals surface area contributed by atoms with Crippen LogP contribution in [0.25, 0.3) is 0 Å². The molecule has 1 aliphatic rings. The molecule has 138 valence electrons. The number of hydrogen-bond donors (Lipinski definition) is 1. The van der Waals surface area contributed by atoms with E-state index in [4.69, 9.17) is 4.74 Å². The lowest BCUT2D eigenvalue weighted by Crippen LogP contribution is -2.18. The molecule has 1 heterocycles. The standard InChI is InChI=1S/C22H28N2O2/c1-17(2)16-26-21-7-5-6-19(14-21)22(25)23-20-10-8-18(9-11-20)15-24-12-3-4-13-24/h5-11,14,17H,3-4,12-13,15-16H2,1-2H3,(H,23,25). The number of carbonyl (C=O) groups excluding carboxylic acids is 1. The van der Waals surface area contributed by atoms with E-state index in [1.165, 1.54) is 31.5 Å². The number of nitrogens with zero attached hydrogens (tertiary/aromatic N) is 1. The van der Waals surface area contributed by atoms with Crippen molar-refractivity contribution in [2.75, 3.05) is 25.0 Å².